The zero-order chi connectivity index (χ0) is 13.8. The van der Waals surface area contributed by atoms with Crippen LogP contribution in [0.15, 0.2) is 22.6 Å². The topological polar surface area (TPSA) is 87.4 Å². The Kier molecular flexibility index (Phi) is 4.13. The molecule has 1 atom stereocenters. The van der Waals surface area contributed by atoms with E-state index in [1.807, 2.05) is 25.1 Å². The number of benzene rings is 1. The van der Waals surface area contributed by atoms with Crippen LogP contribution in [0.2, 0.25) is 0 Å². The van der Waals surface area contributed by atoms with Gasteiger partial charge in [0.05, 0.1) is 0 Å². The first kappa shape index (κ1) is 13.5. The molecule has 1 heterocycles. The molecule has 0 aliphatic heterocycles. The zero-order valence-corrected chi connectivity index (χ0v) is 10.9. The smallest absolute Gasteiger partial charge is 0.322 e. The highest BCUT2D eigenvalue weighted by Gasteiger charge is 2.13. The van der Waals surface area contributed by atoms with Gasteiger partial charge in [-0.2, -0.15) is 0 Å². The van der Waals surface area contributed by atoms with Crippen molar-refractivity contribution >= 4 is 17.1 Å². The number of carbonyl (C=O) groups is 1. The summed E-state index contributed by atoms with van der Waals surface area (Å²) < 4.78 is 5.40. The molecule has 2 rings (SSSR count). The summed E-state index contributed by atoms with van der Waals surface area (Å²) in [7, 11) is 1.63. The fourth-order valence-electron chi connectivity index (χ4n) is 1.87. The molecule has 102 valence electrons. The van der Waals surface area contributed by atoms with Gasteiger partial charge >= 0.3 is 5.97 Å². The van der Waals surface area contributed by atoms with Crippen LogP contribution in [0.4, 0.5) is 0 Å². The molecule has 6 heteroatoms. The van der Waals surface area contributed by atoms with Crippen LogP contribution in [0.5, 0.6) is 0 Å². The third-order valence-electron chi connectivity index (χ3n) is 2.88. The quantitative estimate of drug-likeness (QED) is 0.717. The minimum Gasteiger partial charge on any atom is -0.480 e. The van der Waals surface area contributed by atoms with Gasteiger partial charge in [0.1, 0.15) is 11.6 Å². The lowest BCUT2D eigenvalue weighted by molar-refractivity contribution is -0.139. The van der Waals surface area contributed by atoms with E-state index in [-0.39, 0.29) is 0 Å². The van der Waals surface area contributed by atoms with Crippen LogP contribution in [0.25, 0.3) is 11.1 Å². The van der Waals surface area contributed by atoms with Gasteiger partial charge in [0.2, 0.25) is 0 Å². The molecule has 2 aromatic rings. The van der Waals surface area contributed by atoms with E-state index in [2.05, 4.69) is 15.6 Å². The summed E-state index contributed by atoms with van der Waals surface area (Å²) in [6, 6.07) is 5.17. The summed E-state index contributed by atoms with van der Waals surface area (Å²) in [6.45, 7) is 2.76. The molecule has 0 radical (unpaired) electrons. The van der Waals surface area contributed by atoms with Crippen molar-refractivity contribution in [1.29, 1.82) is 0 Å². The van der Waals surface area contributed by atoms with Crippen LogP contribution in [-0.4, -0.2) is 35.7 Å². The van der Waals surface area contributed by atoms with Crippen LogP contribution in [-0.2, 0) is 11.3 Å². The third kappa shape index (κ3) is 3.30. The highest BCUT2D eigenvalue weighted by atomic mass is 16.4. The minimum atomic E-state index is -0.863. The number of aromatic nitrogens is 1. The number of hydrogen-bond donors (Lipinski definition) is 3. The van der Waals surface area contributed by atoms with Crippen molar-refractivity contribution in [3.8, 4) is 0 Å². The van der Waals surface area contributed by atoms with Gasteiger partial charge in [0, 0.05) is 20.0 Å². The van der Waals surface area contributed by atoms with Gasteiger partial charge in [-0.05, 0) is 24.7 Å². The summed E-state index contributed by atoms with van der Waals surface area (Å²) in [5.74, 6) is -0.223. The van der Waals surface area contributed by atoms with Crippen LogP contribution in [0.3, 0.4) is 0 Å². The Hall–Kier alpha value is -1.92. The molecule has 1 aromatic carbocycles. The Morgan fingerprint density at radius 2 is 2.32 bits per heavy atom. The minimum absolute atomic E-state index is 0.363. The summed E-state index contributed by atoms with van der Waals surface area (Å²) >= 11 is 0. The largest absolute Gasteiger partial charge is 0.480 e. The lowest BCUT2D eigenvalue weighted by atomic mass is 10.2. The van der Waals surface area contributed by atoms with Crippen molar-refractivity contribution in [2.75, 3.05) is 13.6 Å². The fourth-order valence-corrected chi connectivity index (χ4v) is 1.87. The van der Waals surface area contributed by atoms with E-state index in [0.29, 0.717) is 19.0 Å². The summed E-state index contributed by atoms with van der Waals surface area (Å²) in [6.07, 6.45) is 0. The number of aliphatic carboxylic acids is 1. The number of oxazole rings is 1. The number of rotatable bonds is 6. The Labute approximate surface area is 110 Å². The van der Waals surface area contributed by atoms with E-state index in [1.54, 1.807) is 7.05 Å². The van der Waals surface area contributed by atoms with Crippen LogP contribution < -0.4 is 10.6 Å². The van der Waals surface area contributed by atoms with Crippen molar-refractivity contribution in [3.05, 3.63) is 29.7 Å². The van der Waals surface area contributed by atoms with Gasteiger partial charge in [-0.1, -0.05) is 6.07 Å². The van der Waals surface area contributed by atoms with E-state index >= 15 is 0 Å². The molecule has 3 N–H and O–H groups in total. The Morgan fingerprint density at radius 3 is 3.00 bits per heavy atom. The zero-order valence-electron chi connectivity index (χ0n) is 10.9. The average Bonchev–Trinajstić information content (AvgIpc) is 2.73. The number of nitrogens with zero attached hydrogens (tertiary/aromatic N) is 1. The second-order valence-corrected chi connectivity index (χ2v) is 4.35. The third-order valence-corrected chi connectivity index (χ3v) is 2.88. The second kappa shape index (κ2) is 5.81. The summed E-state index contributed by atoms with van der Waals surface area (Å²) in [4.78, 5) is 15.1. The Morgan fingerprint density at radius 1 is 1.53 bits per heavy atom. The molecule has 0 fully saturated rings. The molecule has 0 aliphatic carbocycles. The first-order valence-corrected chi connectivity index (χ1v) is 6.07. The standard InChI is InChI=1S/C13H17N3O3/c1-8-16-10-5-9(3-4-12(10)19-8)6-15-7-11(14-2)13(17)18/h3-5,11,14-15H,6-7H2,1-2H3,(H,17,18). The molecule has 0 amide bonds. The normalized spacial score (nSPS) is 12.7. The maximum Gasteiger partial charge on any atom is 0.322 e. The van der Waals surface area contributed by atoms with Crippen molar-refractivity contribution in [2.45, 2.75) is 19.5 Å². The van der Waals surface area contributed by atoms with Crippen LogP contribution >= 0.6 is 0 Å². The Balaban J connectivity index is 1.96. The number of fused-ring (bicyclic) bond motifs is 1. The molecule has 19 heavy (non-hydrogen) atoms. The first-order chi connectivity index (χ1) is 9.10. The number of hydrogen-bond acceptors (Lipinski definition) is 5. The highest BCUT2D eigenvalue weighted by Crippen LogP contribution is 2.16. The maximum atomic E-state index is 10.8. The summed E-state index contributed by atoms with van der Waals surface area (Å²) in [5, 5.41) is 14.7. The molecule has 6 nitrogen and oxygen atoms in total. The van der Waals surface area contributed by atoms with Gasteiger partial charge in [-0.15, -0.1) is 0 Å². The number of carboxylic acids is 1. The van der Waals surface area contributed by atoms with Crippen LogP contribution in [0.1, 0.15) is 11.5 Å². The molecule has 0 aliphatic rings. The highest BCUT2D eigenvalue weighted by molar-refractivity contribution is 5.74. The SMILES string of the molecule is CNC(CNCc1ccc2oc(C)nc2c1)C(=O)O. The number of aryl methyl sites for hydroxylation is 1. The van der Waals surface area contributed by atoms with E-state index < -0.39 is 12.0 Å². The molecule has 0 saturated carbocycles. The van der Waals surface area contributed by atoms with Crippen molar-refractivity contribution in [1.82, 2.24) is 15.6 Å². The molecule has 0 spiro atoms. The molecule has 1 unspecified atom stereocenters. The second-order valence-electron chi connectivity index (χ2n) is 4.35. The number of likely N-dealkylation sites (N-methyl/N-ethyl adjacent to an activating group) is 1. The van der Waals surface area contributed by atoms with Gasteiger partial charge < -0.3 is 20.2 Å². The predicted molar refractivity (Wildman–Crippen MR) is 70.9 cm³/mol. The van der Waals surface area contributed by atoms with Crippen molar-refractivity contribution in [3.63, 3.8) is 0 Å². The summed E-state index contributed by atoms with van der Waals surface area (Å²) in [5.41, 5.74) is 2.63. The number of carboxylic acid groups (broad SMARTS) is 1. The van der Waals surface area contributed by atoms with Gasteiger partial charge in [0.25, 0.3) is 0 Å². The fraction of sp³-hybridized carbons (Fsp3) is 0.385. The molecular weight excluding hydrogens is 246 g/mol. The molecule has 0 saturated heterocycles. The van der Waals surface area contributed by atoms with E-state index in [4.69, 9.17) is 9.52 Å². The van der Waals surface area contributed by atoms with E-state index in [9.17, 15) is 4.79 Å². The lowest BCUT2D eigenvalue weighted by Gasteiger charge is -2.12. The van der Waals surface area contributed by atoms with Gasteiger partial charge in [-0.3, -0.25) is 4.79 Å². The molecule has 1 aromatic heterocycles. The maximum absolute atomic E-state index is 10.8. The van der Waals surface area contributed by atoms with Crippen molar-refractivity contribution < 1.29 is 14.3 Å². The Bertz CT molecular complexity index is 580. The van der Waals surface area contributed by atoms with Gasteiger partial charge in [-0.25, -0.2) is 4.98 Å². The van der Waals surface area contributed by atoms with Crippen LogP contribution in [0, 0.1) is 6.92 Å². The number of nitrogens with one attached hydrogen (secondary N) is 2. The lowest BCUT2D eigenvalue weighted by Crippen LogP contribution is -2.42. The average molecular weight is 263 g/mol. The monoisotopic (exact) mass is 263 g/mol. The van der Waals surface area contributed by atoms with E-state index in [0.717, 1.165) is 16.7 Å². The first-order valence-electron chi connectivity index (χ1n) is 6.07. The molecular formula is C13H17N3O3. The molecule has 0 bridgehead atoms. The predicted octanol–water partition coefficient (Wildman–Crippen LogP) is 0.898. The van der Waals surface area contributed by atoms with E-state index in [1.165, 1.54) is 0 Å². The van der Waals surface area contributed by atoms with Crippen molar-refractivity contribution in [2.24, 2.45) is 0 Å². The van der Waals surface area contributed by atoms with Gasteiger partial charge in [0.15, 0.2) is 11.5 Å².